The van der Waals surface area contributed by atoms with Crippen molar-refractivity contribution in [1.29, 1.82) is 0 Å². The van der Waals surface area contributed by atoms with Crippen LogP contribution in [0.3, 0.4) is 0 Å². The predicted molar refractivity (Wildman–Crippen MR) is 91.2 cm³/mol. The van der Waals surface area contributed by atoms with E-state index in [0.717, 1.165) is 6.42 Å². The lowest BCUT2D eigenvalue weighted by molar-refractivity contribution is 0.198. The summed E-state index contributed by atoms with van der Waals surface area (Å²) in [7, 11) is 1.66. The van der Waals surface area contributed by atoms with E-state index in [-0.39, 0.29) is 0 Å². The maximum Gasteiger partial charge on any atom is 0.159 e. The quantitative estimate of drug-likeness (QED) is 0.667. The van der Waals surface area contributed by atoms with Crippen molar-refractivity contribution in [2.45, 2.75) is 6.42 Å². The van der Waals surface area contributed by atoms with Crippen molar-refractivity contribution in [2.24, 2.45) is 0 Å². The predicted octanol–water partition coefficient (Wildman–Crippen LogP) is 3.56. The molecule has 8 heteroatoms. The van der Waals surface area contributed by atoms with Crippen molar-refractivity contribution in [3.8, 4) is 0 Å². The Morgan fingerprint density at radius 3 is 2.73 bits per heavy atom. The van der Waals surface area contributed by atoms with Crippen LogP contribution in [-0.2, 0) is 4.74 Å². The molecule has 4 N–H and O–H groups in total. The zero-order valence-electron chi connectivity index (χ0n) is 12.1. The van der Waals surface area contributed by atoms with E-state index >= 15 is 0 Å². The molecule has 0 radical (unpaired) electrons. The zero-order chi connectivity index (χ0) is 15.9. The summed E-state index contributed by atoms with van der Waals surface area (Å²) in [5.74, 6) is 1.05. The van der Waals surface area contributed by atoms with Gasteiger partial charge in [-0.1, -0.05) is 23.2 Å². The third-order valence-corrected chi connectivity index (χ3v) is 3.43. The molecule has 0 bridgehead atoms. The molecule has 0 aliphatic carbocycles. The standard InChI is InChI=1S/C14H17Cl2N5O/c1-22-6-2-5-18-13-12(17)14(20-8-19-13)21-11-4-3-9(15)7-10(11)16/h3-4,7-8H,2,5-6,17H2,1H3,(H2,18,19,20,21). The van der Waals surface area contributed by atoms with Gasteiger partial charge in [0.25, 0.3) is 0 Å². The maximum absolute atomic E-state index is 6.13. The van der Waals surface area contributed by atoms with Gasteiger partial charge in [0.05, 0.1) is 10.7 Å². The molecule has 118 valence electrons. The number of ether oxygens (including phenoxy) is 1. The number of nitrogen functional groups attached to an aromatic ring is 1. The summed E-state index contributed by atoms with van der Waals surface area (Å²) in [4.78, 5) is 8.27. The zero-order valence-corrected chi connectivity index (χ0v) is 13.6. The Bertz CT molecular complexity index is 639. The molecule has 0 saturated carbocycles. The fourth-order valence-corrected chi connectivity index (χ4v) is 2.23. The fraction of sp³-hybridized carbons (Fsp3) is 0.286. The van der Waals surface area contributed by atoms with E-state index < -0.39 is 0 Å². The number of methoxy groups -OCH3 is 1. The van der Waals surface area contributed by atoms with Gasteiger partial charge in [-0.15, -0.1) is 0 Å². The molecule has 6 nitrogen and oxygen atoms in total. The first kappa shape index (κ1) is 16.6. The van der Waals surface area contributed by atoms with Crippen LogP contribution in [0, 0.1) is 0 Å². The highest BCUT2D eigenvalue weighted by Gasteiger charge is 2.09. The van der Waals surface area contributed by atoms with Gasteiger partial charge in [-0.3, -0.25) is 0 Å². The van der Waals surface area contributed by atoms with E-state index in [1.807, 2.05) is 0 Å². The third kappa shape index (κ3) is 4.37. The number of halogens is 2. The van der Waals surface area contributed by atoms with E-state index in [2.05, 4.69) is 20.6 Å². The number of nitrogens with two attached hydrogens (primary N) is 1. The Hall–Kier alpha value is -1.76. The van der Waals surface area contributed by atoms with Crippen LogP contribution in [-0.4, -0.2) is 30.2 Å². The van der Waals surface area contributed by atoms with E-state index in [1.165, 1.54) is 6.33 Å². The molecule has 2 rings (SSSR count). The van der Waals surface area contributed by atoms with Gasteiger partial charge in [0.15, 0.2) is 11.6 Å². The molecular weight excluding hydrogens is 325 g/mol. The number of anilines is 4. The van der Waals surface area contributed by atoms with E-state index in [4.69, 9.17) is 33.7 Å². The van der Waals surface area contributed by atoms with Crippen molar-refractivity contribution in [1.82, 2.24) is 9.97 Å². The van der Waals surface area contributed by atoms with Gasteiger partial charge in [-0.05, 0) is 24.6 Å². The monoisotopic (exact) mass is 341 g/mol. The molecule has 22 heavy (non-hydrogen) atoms. The second-order valence-corrected chi connectivity index (χ2v) is 5.35. The summed E-state index contributed by atoms with van der Waals surface area (Å²) in [5, 5.41) is 7.27. The number of hydrogen-bond acceptors (Lipinski definition) is 6. The molecule has 0 unspecified atom stereocenters. The average molecular weight is 342 g/mol. The molecule has 1 aromatic heterocycles. The molecule has 0 spiro atoms. The van der Waals surface area contributed by atoms with Gasteiger partial charge in [-0.25, -0.2) is 9.97 Å². The first-order chi connectivity index (χ1) is 10.6. The van der Waals surface area contributed by atoms with Gasteiger partial charge in [0.2, 0.25) is 0 Å². The van der Waals surface area contributed by atoms with Gasteiger partial charge in [-0.2, -0.15) is 0 Å². The van der Waals surface area contributed by atoms with Gasteiger partial charge in [0.1, 0.15) is 12.0 Å². The van der Waals surface area contributed by atoms with Crippen LogP contribution >= 0.6 is 23.2 Å². The largest absolute Gasteiger partial charge is 0.393 e. The number of aromatic nitrogens is 2. The summed E-state index contributed by atoms with van der Waals surface area (Å²) in [5.41, 5.74) is 7.17. The Kier molecular flexibility index (Phi) is 6.06. The topological polar surface area (TPSA) is 85.1 Å². The van der Waals surface area contributed by atoms with Crippen LogP contribution in [0.1, 0.15) is 6.42 Å². The molecule has 0 fully saturated rings. The average Bonchev–Trinajstić information content (AvgIpc) is 2.49. The van der Waals surface area contributed by atoms with E-state index in [9.17, 15) is 0 Å². The fourth-order valence-electron chi connectivity index (χ4n) is 1.78. The summed E-state index contributed by atoms with van der Waals surface area (Å²) in [6.45, 7) is 1.37. The highest BCUT2D eigenvalue weighted by Crippen LogP contribution is 2.31. The minimum atomic E-state index is 0.422. The Morgan fingerprint density at radius 2 is 2.00 bits per heavy atom. The summed E-state index contributed by atoms with van der Waals surface area (Å²) < 4.78 is 4.99. The van der Waals surface area contributed by atoms with Crippen LogP contribution < -0.4 is 16.4 Å². The lowest BCUT2D eigenvalue weighted by Gasteiger charge is -2.13. The van der Waals surface area contributed by atoms with Crippen molar-refractivity contribution < 1.29 is 4.74 Å². The second-order valence-electron chi connectivity index (χ2n) is 4.51. The minimum absolute atomic E-state index is 0.422. The highest BCUT2D eigenvalue weighted by molar-refractivity contribution is 6.36. The Labute approximate surface area is 139 Å². The summed E-state index contributed by atoms with van der Waals surface area (Å²) in [6, 6.07) is 5.14. The normalized spacial score (nSPS) is 10.5. The van der Waals surface area contributed by atoms with E-state index in [0.29, 0.717) is 46.2 Å². The first-order valence-corrected chi connectivity index (χ1v) is 7.42. The molecule has 0 saturated heterocycles. The van der Waals surface area contributed by atoms with E-state index in [1.54, 1.807) is 25.3 Å². The Morgan fingerprint density at radius 1 is 1.23 bits per heavy atom. The number of rotatable bonds is 7. The van der Waals surface area contributed by atoms with Gasteiger partial charge in [0, 0.05) is 25.3 Å². The van der Waals surface area contributed by atoms with Crippen molar-refractivity contribution in [2.75, 3.05) is 36.6 Å². The molecular formula is C14H17Cl2N5O. The van der Waals surface area contributed by atoms with Crippen LogP contribution in [0.4, 0.5) is 23.0 Å². The lowest BCUT2D eigenvalue weighted by Crippen LogP contribution is -2.10. The molecule has 1 aromatic carbocycles. The third-order valence-electron chi connectivity index (χ3n) is 2.89. The number of nitrogens with one attached hydrogen (secondary N) is 2. The molecule has 1 heterocycles. The van der Waals surface area contributed by atoms with Crippen LogP contribution in [0.2, 0.25) is 10.0 Å². The molecule has 0 aliphatic heterocycles. The summed E-state index contributed by atoms with van der Waals surface area (Å²) in [6.07, 6.45) is 2.28. The van der Waals surface area contributed by atoms with Crippen molar-refractivity contribution in [3.63, 3.8) is 0 Å². The highest BCUT2D eigenvalue weighted by atomic mass is 35.5. The minimum Gasteiger partial charge on any atom is -0.393 e. The second kappa shape index (κ2) is 8.03. The van der Waals surface area contributed by atoms with Crippen LogP contribution in [0.15, 0.2) is 24.5 Å². The SMILES string of the molecule is COCCCNc1ncnc(Nc2ccc(Cl)cc2Cl)c1N. The summed E-state index contributed by atoms with van der Waals surface area (Å²) >= 11 is 12.0. The van der Waals surface area contributed by atoms with Crippen LogP contribution in [0.25, 0.3) is 0 Å². The number of hydrogen-bond donors (Lipinski definition) is 3. The lowest BCUT2D eigenvalue weighted by atomic mass is 10.3. The maximum atomic E-state index is 6.13. The van der Waals surface area contributed by atoms with Crippen molar-refractivity contribution in [3.05, 3.63) is 34.6 Å². The molecule has 2 aromatic rings. The van der Waals surface area contributed by atoms with Crippen LogP contribution in [0.5, 0.6) is 0 Å². The van der Waals surface area contributed by atoms with Gasteiger partial charge >= 0.3 is 0 Å². The molecule has 0 atom stereocenters. The number of benzene rings is 1. The first-order valence-electron chi connectivity index (χ1n) is 6.67. The number of nitrogens with zero attached hydrogens (tertiary/aromatic N) is 2. The molecule has 0 aliphatic rings. The Balaban J connectivity index is 2.11. The molecule has 0 amide bonds. The van der Waals surface area contributed by atoms with Gasteiger partial charge < -0.3 is 21.1 Å². The van der Waals surface area contributed by atoms with Crippen molar-refractivity contribution >= 4 is 46.2 Å². The smallest absolute Gasteiger partial charge is 0.159 e.